The minimum absolute atomic E-state index is 0.177. The highest BCUT2D eigenvalue weighted by Gasteiger charge is 2.25. The van der Waals surface area contributed by atoms with Crippen LogP contribution in [-0.4, -0.2) is 42.1 Å². The smallest absolute Gasteiger partial charge is 0.241 e. The van der Waals surface area contributed by atoms with E-state index in [0.717, 1.165) is 19.4 Å². The predicted octanol–water partition coefficient (Wildman–Crippen LogP) is 1.97. The molecule has 0 unspecified atom stereocenters. The zero-order valence-electron chi connectivity index (χ0n) is 12.6. The third-order valence-electron chi connectivity index (χ3n) is 3.67. The summed E-state index contributed by atoms with van der Waals surface area (Å²) in [7, 11) is 0. The van der Waals surface area contributed by atoms with E-state index in [0.29, 0.717) is 11.9 Å². The highest BCUT2D eigenvalue weighted by molar-refractivity contribution is 8.00. The van der Waals surface area contributed by atoms with Gasteiger partial charge in [0.05, 0.1) is 0 Å². The Bertz CT molecular complexity index is 558. The summed E-state index contributed by atoms with van der Waals surface area (Å²) in [5.74, 6) is 1.15. The molecule has 0 atom stereocenters. The van der Waals surface area contributed by atoms with Crippen molar-refractivity contribution in [3.05, 3.63) is 18.7 Å². The maximum absolute atomic E-state index is 5.76. The normalized spacial score (nSPS) is 11.6. The molecule has 0 amide bonds. The third-order valence-corrected chi connectivity index (χ3v) is 5.25. The first-order valence-electron chi connectivity index (χ1n) is 6.91. The summed E-state index contributed by atoms with van der Waals surface area (Å²) < 4.78 is 1.88. The van der Waals surface area contributed by atoms with Crippen molar-refractivity contribution in [3.8, 4) is 5.95 Å². The number of nitrogens with one attached hydrogen (secondary N) is 1. The van der Waals surface area contributed by atoms with Gasteiger partial charge in [0.1, 0.15) is 6.33 Å². The number of imidazole rings is 1. The van der Waals surface area contributed by atoms with Crippen LogP contribution in [0.25, 0.3) is 5.95 Å². The summed E-state index contributed by atoms with van der Waals surface area (Å²) in [6, 6.07) is 0. The maximum Gasteiger partial charge on any atom is 0.241 e. The molecular formula is C13H21N7S. The van der Waals surface area contributed by atoms with Gasteiger partial charge in [-0.15, -0.1) is 0 Å². The molecule has 0 aliphatic heterocycles. The Morgan fingerprint density at radius 1 is 1.29 bits per heavy atom. The molecule has 0 bridgehead atoms. The second-order valence-corrected chi connectivity index (χ2v) is 6.01. The maximum atomic E-state index is 5.76. The van der Waals surface area contributed by atoms with Crippen molar-refractivity contribution in [3.63, 3.8) is 0 Å². The molecule has 114 valence electrons. The number of anilines is 2. The Labute approximate surface area is 128 Å². The topological polar surface area (TPSA) is 94.5 Å². The van der Waals surface area contributed by atoms with Crippen LogP contribution in [0.3, 0.4) is 0 Å². The van der Waals surface area contributed by atoms with Gasteiger partial charge in [0.2, 0.25) is 17.8 Å². The second-order valence-electron chi connectivity index (χ2n) is 4.73. The molecule has 0 fully saturated rings. The summed E-state index contributed by atoms with van der Waals surface area (Å²) >= 11 is 1.86. The van der Waals surface area contributed by atoms with Crippen molar-refractivity contribution in [1.82, 2.24) is 24.5 Å². The third kappa shape index (κ3) is 3.63. The molecule has 0 saturated heterocycles. The van der Waals surface area contributed by atoms with Crippen LogP contribution in [0.1, 0.15) is 26.7 Å². The molecule has 0 spiro atoms. The van der Waals surface area contributed by atoms with Gasteiger partial charge in [-0.2, -0.15) is 26.7 Å². The van der Waals surface area contributed by atoms with Gasteiger partial charge in [-0.3, -0.25) is 4.57 Å². The van der Waals surface area contributed by atoms with Crippen molar-refractivity contribution in [2.45, 2.75) is 31.4 Å². The van der Waals surface area contributed by atoms with Crippen LogP contribution in [0.4, 0.5) is 11.9 Å². The zero-order valence-corrected chi connectivity index (χ0v) is 13.4. The Hall–Kier alpha value is -1.83. The van der Waals surface area contributed by atoms with Gasteiger partial charge in [-0.1, -0.05) is 13.8 Å². The highest BCUT2D eigenvalue weighted by Crippen LogP contribution is 2.30. The number of nitrogens with zero attached hydrogens (tertiary/aromatic N) is 5. The number of hydrogen-bond acceptors (Lipinski definition) is 7. The van der Waals surface area contributed by atoms with E-state index in [1.165, 1.54) is 0 Å². The number of thioether (sulfide) groups is 1. The zero-order chi connectivity index (χ0) is 15.3. The highest BCUT2D eigenvalue weighted by atomic mass is 32.2. The first-order chi connectivity index (χ1) is 10.1. The lowest BCUT2D eigenvalue weighted by atomic mass is 10.0. The Kier molecular flexibility index (Phi) is 5.00. The van der Waals surface area contributed by atoms with Gasteiger partial charge in [0, 0.05) is 23.7 Å². The minimum Gasteiger partial charge on any atom is -0.368 e. The van der Waals surface area contributed by atoms with Crippen LogP contribution >= 0.6 is 11.8 Å². The quantitative estimate of drug-likeness (QED) is 0.807. The molecule has 0 saturated carbocycles. The Morgan fingerprint density at radius 2 is 2.05 bits per heavy atom. The van der Waals surface area contributed by atoms with Gasteiger partial charge in [-0.25, -0.2) is 4.98 Å². The fraction of sp³-hybridized carbons (Fsp3) is 0.538. The largest absolute Gasteiger partial charge is 0.368 e. The summed E-state index contributed by atoms with van der Waals surface area (Å²) in [6.45, 7) is 5.18. The number of nitrogens with two attached hydrogens (primary N) is 1. The molecule has 2 heterocycles. The lowest BCUT2D eigenvalue weighted by molar-refractivity contribution is 0.572. The number of rotatable bonds is 7. The van der Waals surface area contributed by atoms with Crippen LogP contribution in [0.5, 0.6) is 0 Å². The monoisotopic (exact) mass is 307 g/mol. The van der Waals surface area contributed by atoms with E-state index in [2.05, 4.69) is 45.4 Å². The van der Waals surface area contributed by atoms with Crippen molar-refractivity contribution < 1.29 is 0 Å². The first-order valence-corrected chi connectivity index (χ1v) is 8.14. The van der Waals surface area contributed by atoms with Gasteiger partial charge < -0.3 is 11.1 Å². The fourth-order valence-corrected chi connectivity index (χ4v) is 2.85. The van der Waals surface area contributed by atoms with Crippen molar-refractivity contribution >= 4 is 23.7 Å². The summed E-state index contributed by atoms with van der Waals surface area (Å²) in [5.41, 5.74) is 5.76. The van der Waals surface area contributed by atoms with Crippen LogP contribution in [0.15, 0.2) is 18.7 Å². The molecule has 21 heavy (non-hydrogen) atoms. The molecule has 0 aliphatic rings. The average molecular weight is 307 g/mol. The first kappa shape index (κ1) is 15.6. The number of hydrogen-bond donors (Lipinski definition) is 2. The molecule has 0 aliphatic carbocycles. The van der Waals surface area contributed by atoms with Crippen LogP contribution in [0, 0.1) is 0 Å². The summed E-state index contributed by atoms with van der Waals surface area (Å²) in [4.78, 5) is 16.6. The molecule has 2 rings (SSSR count). The Balaban J connectivity index is 2.17. The standard InChI is InChI=1S/C13H21N7S/c1-4-13(5-2,21-3)8-16-11-17-10(14)18-12(19-11)20-7-6-15-9-20/h6-7,9H,4-5,8H2,1-3H3,(H3,14,16,17,18,19). The lowest BCUT2D eigenvalue weighted by Gasteiger charge is -2.29. The molecule has 0 aromatic carbocycles. The average Bonchev–Trinajstić information content (AvgIpc) is 3.03. The van der Waals surface area contributed by atoms with E-state index >= 15 is 0 Å². The number of aromatic nitrogens is 5. The predicted molar refractivity (Wildman–Crippen MR) is 86.7 cm³/mol. The second kappa shape index (κ2) is 6.75. The molecule has 8 heteroatoms. The van der Waals surface area contributed by atoms with E-state index in [4.69, 9.17) is 5.73 Å². The van der Waals surface area contributed by atoms with Crippen LogP contribution in [-0.2, 0) is 0 Å². The van der Waals surface area contributed by atoms with E-state index in [1.807, 2.05) is 11.8 Å². The molecule has 0 radical (unpaired) electrons. The Morgan fingerprint density at radius 3 is 2.62 bits per heavy atom. The van der Waals surface area contributed by atoms with Crippen molar-refractivity contribution in [2.75, 3.05) is 23.9 Å². The molecule has 3 N–H and O–H groups in total. The van der Waals surface area contributed by atoms with Crippen molar-refractivity contribution in [2.24, 2.45) is 0 Å². The van der Waals surface area contributed by atoms with Gasteiger partial charge in [-0.05, 0) is 19.1 Å². The van der Waals surface area contributed by atoms with Crippen LogP contribution < -0.4 is 11.1 Å². The fourth-order valence-electron chi connectivity index (χ4n) is 2.05. The molecular weight excluding hydrogens is 286 g/mol. The van der Waals surface area contributed by atoms with E-state index in [9.17, 15) is 0 Å². The summed E-state index contributed by atoms with van der Waals surface area (Å²) in [5, 5.41) is 3.28. The van der Waals surface area contributed by atoms with Crippen molar-refractivity contribution in [1.29, 1.82) is 0 Å². The minimum atomic E-state index is 0.177. The van der Waals surface area contributed by atoms with Gasteiger partial charge in [0.15, 0.2) is 0 Å². The van der Waals surface area contributed by atoms with E-state index in [1.54, 1.807) is 23.3 Å². The van der Waals surface area contributed by atoms with Gasteiger partial charge in [0.25, 0.3) is 0 Å². The lowest BCUT2D eigenvalue weighted by Crippen LogP contribution is -2.32. The van der Waals surface area contributed by atoms with E-state index in [-0.39, 0.29) is 10.7 Å². The van der Waals surface area contributed by atoms with Gasteiger partial charge >= 0.3 is 0 Å². The summed E-state index contributed by atoms with van der Waals surface area (Å²) in [6.07, 6.45) is 9.35. The molecule has 2 aromatic rings. The number of nitrogen functional groups attached to an aromatic ring is 1. The molecule has 7 nitrogen and oxygen atoms in total. The molecule has 2 aromatic heterocycles. The van der Waals surface area contributed by atoms with E-state index < -0.39 is 0 Å². The van der Waals surface area contributed by atoms with Crippen LogP contribution in [0.2, 0.25) is 0 Å². The SMILES string of the molecule is CCC(CC)(CNc1nc(N)nc(-n2ccnc2)n1)SC.